The zero-order valence-corrected chi connectivity index (χ0v) is 24.5. The van der Waals surface area contributed by atoms with Crippen molar-refractivity contribution in [1.29, 1.82) is 0 Å². The van der Waals surface area contributed by atoms with Crippen LogP contribution in [0.2, 0.25) is 0 Å². The first-order chi connectivity index (χ1) is 21.4. The first kappa shape index (κ1) is 30.9. The van der Waals surface area contributed by atoms with E-state index in [2.05, 4.69) is 23.8 Å². The van der Waals surface area contributed by atoms with E-state index < -0.39 is 52.8 Å². The van der Waals surface area contributed by atoms with Gasteiger partial charge in [-0.3, -0.25) is 23.2 Å². The fourth-order valence-corrected chi connectivity index (χ4v) is 6.65. The Bertz CT molecular complexity index is 1980. The van der Waals surface area contributed by atoms with Crippen molar-refractivity contribution in [2.75, 3.05) is 6.61 Å². The van der Waals surface area contributed by atoms with E-state index in [1.54, 1.807) is 47.1 Å². The summed E-state index contributed by atoms with van der Waals surface area (Å²) in [5.41, 5.74) is 1.50. The molecule has 4 heterocycles. The molecule has 0 saturated carbocycles. The van der Waals surface area contributed by atoms with Gasteiger partial charge in [-0.2, -0.15) is 4.31 Å². The molecule has 3 aromatic heterocycles. The van der Waals surface area contributed by atoms with E-state index in [0.29, 0.717) is 16.7 Å². The zero-order valence-electron chi connectivity index (χ0n) is 22.7. The number of hydrogen-bond acceptors (Lipinski definition) is 13. The lowest BCUT2D eigenvalue weighted by Gasteiger charge is -2.19. The Labute approximate surface area is 252 Å². The molecule has 2 aromatic carbocycles. The van der Waals surface area contributed by atoms with Crippen LogP contribution in [0.3, 0.4) is 0 Å². The Morgan fingerprint density at radius 2 is 1.53 bits per heavy atom. The first-order valence-electron chi connectivity index (χ1n) is 13.0. The number of benzene rings is 2. The van der Waals surface area contributed by atoms with E-state index in [0.717, 1.165) is 12.1 Å². The van der Waals surface area contributed by atoms with Gasteiger partial charge in [0.25, 0.3) is 0 Å². The number of nitrogens with zero attached hydrogens (tertiary/aromatic N) is 5. The number of carbonyl (C=O) groups is 2. The molecule has 5 aromatic rings. The minimum Gasteiger partial charge on any atom is -0.387 e. The summed E-state index contributed by atoms with van der Waals surface area (Å²) in [6.07, 6.45) is 0.103. The van der Waals surface area contributed by atoms with E-state index in [1.807, 2.05) is 0 Å². The van der Waals surface area contributed by atoms with Crippen LogP contribution in [0.1, 0.15) is 32.5 Å². The van der Waals surface area contributed by atoms with Crippen molar-refractivity contribution in [3.8, 4) is 0 Å². The van der Waals surface area contributed by atoms with Crippen molar-refractivity contribution in [2.45, 2.75) is 24.5 Å². The van der Waals surface area contributed by atoms with Crippen LogP contribution in [-0.4, -0.2) is 80.6 Å². The maximum Gasteiger partial charge on any atom is 0.538 e. The van der Waals surface area contributed by atoms with Crippen molar-refractivity contribution in [2.24, 2.45) is 0 Å². The summed E-state index contributed by atoms with van der Waals surface area (Å²) in [5, 5.41) is 21.1. The molecule has 6 atom stereocenters. The molecule has 1 fully saturated rings. The molecular formula is C26H23N5O12P2. The van der Waals surface area contributed by atoms with Crippen molar-refractivity contribution >= 4 is 44.2 Å². The monoisotopic (exact) mass is 659 g/mol. The Balaban J connectivity index is 1.06. The molecule has 0 amide bonds. The second-order valence-electron chi connectivity index (χ2n) is 9.74. The van der Waals surface area contributed by atoms with Gasteiger partial charge in [-0.05, 0) is 12.1 Å². The number of phosphoric acid groups is 2. The summed E-state index contributed by atoms with van der Waals surface area (Å²) in [6, 6.07) is 13.2. The third kappa shape index (κ3) is 6.35. The lowest BCUT2D eigenvalue weighted by Crippen LogP contribution is -2.33. The predicted molar refractivity (Wildman–Crippen MR) is 151 cm³/mol. The van der Waals surface area contributed by atoms with Gasteiger partial charge in [0.05, 0.1) is 18.5 Å². The number of imidazole rings is 2. The molecule has 1 aliphatic rings. The number of aliphatic hydroxyl groups is 2. The summed E-state index contributed by atoms with van der Waals surface area (Å²) < 4.78 is 46.7. The zero-order chi connectivity index (χ0) is 31.9. The second kappa shape index (κ2) is 12.0. The maximum absolute atomic E-state index is 12.5. The van der Waals surface area contributed by atoms with Gasteiger partial charge in [0.2, 0.25) is 0 Å². The molecule has 4 N–H and O–H groups in total. The molecule has 234 valence electrons. The molecule has 0 bridgehead atoms. The number of fused-ring (bicyclic) bond motifs is 3. The van der Waals surface area contributed by atoms with Crippen LogP contribution >= 0.6 is 15.6 Å². The van der Waals surface area contributed by atoms with E-state index >= 15 is 0 Å². The number of rotatable bonds is 10. The summed E-state index contributed by atoms with van der Waals surface area (Å²) in [6.45, 7) is -0.891. The van der Waals surface area contributed by atoms with Gasteiger partial charge in [0.15, 0.2) is 28.8 Å². The number of aromatic nitrogens is 5. The molecule has 0 aliphatic carbocycles. The molecule has 0 radical (unpaired) electrons. The van der Waals surface area contributed by atoms with Crippen LogP contribution in [-0.2, 0) is 27.2 Å². The van der Waals surface area contributed by atoms with Crippen LogP contribution in [0.5, 0.6) is 0 Å². The number of carbonyl (C=O) groups excluding carboxylic acids is 2. The quantitative estimate of drug-likeness (QED) is 0.124. The van der Waals surface area contributed by atoms with Crippen LogP contribution in [0.15, 0.2) is 79.6 Å². The van der Waals surface area contributed by atoms with Gasteiger partial charge >= 0.3 is 21.6 Å². The van der Waals surface area contributed by atoms with Gasteiger partial charge in [0, 0.05) is 23.5 Å². The van der Waals surface area contributed by atoms with Crippen molar-refractivity contribution in [1.82, 2.24) is 23.9 Å². The third-order valence-electron chi connectivity index (χ3n) is 6.79. The molecule has 1 aliphatic heterocycles. The van der Waals surface area contributed by atoms with Gasteiger partial charge in [0.1, 0.15) is 24.6 Å². The molecule has 19 heteroatoms. The highest BCUT2D eigenvalue weighted by atomic mass is 31.3. The molecule has 2 unspecified atom stereocenters. The van der Waals surface area contributed by atoms with Crippen LogP contribution in [0, 0.1) is 0 Å². The van der Waals surface area contributed by atoms with Gasteiger partial charge in [-0.15, -0.1) is 0 Å². The maximum atomic E-state index is 12.5. The standard InChI is InChI=1S/C26H23N5O12P2/c32-20(15-4-2-1-3-5-15)16-6-8-17(9-7-16)26(35)42-45(38,39)43-44(36,37)40-12-18-21(33)22(34)25(41-18)31-14-28-19-23-27-10-11-30(23)13-29-24(19)31/h1-11,13-14,18,21-22,25,33-34H,12H2,(H,36,37)(H,38,39)/t18-,21-,22-,25-/m1/s1. The SMILES string of the molecule is O=C(OP(=O)(O)OP(=O)(O)OC[C@H]1O[C@@H](n2cnc3c2ncn2ccnc32)[C@H](O)[C@@H]1O)c1ccc(C(=O)c2ccccc2)cc1. The third-order valence-corrected chi connectivity index (χ3v) is 9.31. The minimum atomic E-state index is -5.53. The fraction of sp³-hybridized carbons (Fsp3) is 0.192. The average Bonchev–Trinajstić information content (AvgIpc) is 3.73. The molecular weight excluding hydrogens is 636 g/mol. The van der Waals surface area contributed by atoms with Gasteiger partial charge < -0.3 is 24.4 Å². The van der Waals surface area contributed by atoms with E-state index in [-0.39, 0.29) is 22.6 Å². The number of hydrogen-bond donors (Lipinski definition) is 4. The molecule has 0 spiro atoms. The topological polar surface area (TPSA) is 234 Å². The molecule has 1 saturated heterocycles. The lowest BCUT2D eigenvalue weighted by molar-refractivity contribution is -0.0503. The largest absolute Gasteiger partial charge is 0.538 e. The van der Waals surface area contributed by atoms with Crippen LogP contribution < -0.4 is 0 Å². The van der Waals surface area contributed by atoms with E-state index in [9.17, 15) is 38.7 Å². The number of phosphoric ester groups is 2. The number of ketones is 1. The second-order valence-corrected chi connectivity index (χ2v) is 12.7. The normalized spacial score (nSPS) is 22.7. The highest BCUT2D eigenvalue weighted by Gasteiger charge is 2.46. The Hall–Kier alpha value is -4.15. The molecule has 45 heavy (non-hydrogen) atoms. The van der Waals surface area contributed by atoms with Gasteiger partial charge in [-0.25, -0.2) is 28.9 Å². The summed E-state index contributed by atoms with van der Waals surface area (Å²) in [5.74, 6) is -1.72. The van der Waals surface area contributed by atoms with Crippen molar-refractivity contribution in [3.63, 3.8) is 0 Å². The van der Waals surface area contributed by atoms with E-state index in [4.69, 9.17) is 9.26 Å². The molecule has 17 nitrogen and oxygen atoms in total. The Kier molecular flexibility index (Phi) is 8.22. The van der Waals surface area contributed by atoms with E-state index in [1.165, 1.54) is 29.4 Å². The first-order valence-corrected chi connectivity index (χ1v) is 16.0. The minimum absolute atomic E-state index is 0.228. The predicted octanol–water partition coefficient (Wildman–Crippen LogP) is 2.02. The lowest BCUT2D eigenvalue weighted by atomic mass is 10.0. The Morgan fingerprint density at radius 3 is 2.27 bits per heavy atom. The number of ether oxygens (including phenoxy) is 1. The summed E-state index contributed by atoms with van der Waals surface area (Å²) >= 11 is 0. The van der Waals surface area contributed by atoms with Crippen LogP contribution in [0.25, 0.3) is 16.8 Å². The van der Waals surface area contributed by atoms with Gasteiger partial charge in [-0.1, -0.05) is 42.5 Å². The average molecular weight is 659 g/mol. The highest BCUT2D eigenvalue weighted by molar-refractivity contribution is 7.61. The van der Waals surface area contributed by atoms with Crippen LogP contribution in [0.4, 0.5) is 0 Å². The number of aliphatic hydroxyl groups excluding tert-OH is 2. The molecule has 6 rings (SSSR count). The smallest absolute Gasteiger partial charge is 0.387 e. The summed E-state index contributed by atoms with van der Waals surface area (Å²) in [4.78, 5) is 57.6. The van der Waals surface area contributed by atoms with Crippen molar-refractivity contribution < 1.29 is 56.8 Å². The summed E-state index contributed by atoms with van der Waals surface area (Å²) in [7, 11) is -10.9. The van der Waals surface area contributed by atoms with Crippen molar-refractivity contribution in [3.05, 3.63) is 96.3 Å². The highest BCUT2D eigenvalue weighted by Crippen LogP contribution is 2.61. The fourth-order valence-electron chi connectivity index (χ4n) is 4.64. The Morgan fingerprint density at radius 1 is 0.844 bits per heavy atom.